The van der Waals surface area contributed by atoms with Crippen molar-refractivity contribution in [1.29, 1.82) is 0 Å². The number of hydrogen-bond donors (Lipinski definition) is 2. The van der Waals surface area contributed by atoms with Crippen LogP contribution in [-0.4, -0.2) is 45.0 Å². The molecule has 0 atom stereocenters. The van der Waals surface area contributed by atoms with Gasteiger partial charge < -0.3 is 20.5 Å². The maximum Gasteiger partial charge on any atom is 0.188 e. The summed E-state index contributed by atoms with van der Waals surface area (Å²) in [5, 5.41) is 3.17. The molecule has 104 valence electrons. The van der Waals surface area contributed by atoms with E-state index in [0.29, 0.717) is 17.9 Å². The molecule has 1 aliphatic carbocycles. The normalized spacial score (nSPS) is 22.1. The predicted molar refractivity (Wildman–Crippen MR) is 71.6 cm³/mol. The third-order valence-corrected chi connectivity index (χ3v) is 3.35. The summed E-state index contributed by atoms with van der Waals surface area (Å²) in [6, 6.07) is 0.582. The van der Waals surface area contributed by atoms with Gasteiger partial charge in [0.05, 0.1) is 0 Å². The molecule has 0 aromatic heterocycles. The van der Waals surface area contributed by atoms with Gasteiger partial charge in [-0.15, -0.1) is 0 Å². The number of guanidine groups is 1. The quantitative estimate of drug-likeness (QED) is 0.403. The molecule has 2 aliphatic rings. The fourth-order valence-corrected chi connectivity index (χ4v) is 2.01. The Morgan fingerprint density at radius 2 is 2.06 bits per heavy atom. The van der Waals surface area contributed by atoms with Crippen molar-refractivity contribution in [2.75, 3.05) is 33.0 Å². The van der Waals surface area contributed by atoms with E-state index in [0.717, 1.165) is 52.2 Å². The molecule has 5 heteroatoms. The van der Waals surface area contributed by atoms with Gasteiger partial charge in [0.15, 0.2) is 5.96 Å². The average Bonchev–Trinajstić information content (AvgIpc) is 3.19. The van der Waals surface area contributed by atoms with Crippen LogP contribution in [0.2, 0.25) is 0 Å². The summed E-state index contributed by atoms with van der Waals surface area (Å²) in [6.45, 7) is 4.17. The largest absolute Gasteiger partial charge is 0.381 e. The maximum atomic E-state index is 5.73. The molecule has 0 amide bonds. The lowest BCUT2D eigenvalue weighted by Gasteiger charge is -2.21. The van der Waals surface area contributed by atoms with E-state index in [4.69, 9.17) is 15.2 Å². The van der Waals surface area contributed by atoms with Gasteiger partial charge >= 0.3 is 0 Å². The molecule has 1 aliphatic heterocycles. The van der Waals surface area contributed by atoms with Crippen molar-refractivity contribution in [3.8, 4) is 0 Å². The first kappa shape index (κ1) is 13.6. The zero-order valence-electron chi connectivity index (χ0n) is 11.1. The van der Waals surface area contributed by atoms with E-state index in [2.05, 4.69) is 10.3 Å². The lowest BCUT2D eigenvalue weighted by Crippen LogP contribution is -2.33. The summed E-state index contributed by atoms with van der Waals surface area (Å²) in [5.41, 5.74) is 5.73. The number of aliphatic imine (C=N–C) groups is 1. The molecule has 1 heterocycles. The van der Waals surface area contributed by atoms with Crippen LogP contribution in [0.25, 0.3) is 0 Å². The summed E-state index contributed by atoms with van der Waals surface area (Å²) < 4.78 is 11.0. The van der Waals surface area contributed by atoms with E-state index in [1.807, 2.05) is 0 Å². The summed E-state index contributed by atoms with van der Waals surface area (Å²) in [5.74, 6) is 1.27. The highest BCUT2D eigenvalue weighted by Crippen LogP contribution is 2.18. The van der Waals surface area contributed by atoms with Crippen LogP contribution in [0.3, 0.4) is 0 Å². The van der Waals surface area contributed by atoms with Crippen molar-refractivity contribution in [3.63, 3.8) is 0 Å². The molecule has 1 saturated heterocycles. The van der Waals surface area contributed by atoms with E-state index >= 15 is 0 Å². The minimum absolute atomic E-state index is 0.582. The monoisotopic (exact) mass is 255 g/mol. The van der Waals surface area contributed by atoms with Crippen LogP contribution in [0.15, 0.2) is 4.99 Å². The van der Waals surface area contributed by atoms with Gasteiger partial charge in [-0.3, -0.25) is 4.99 Å². The first-order valence-corrected chi connectivity index (χ1v) is 7.06. The van der Waals surface area contributed by atoms with Crippen LogP contribution >= 0.6 is 0 Å². The Kier molecular flexibility index (Phi) is 5.74. The lowest BCUT2D eigenvalue weighted by molar-refractivity contribution is 0.0205. The van der Waals surface area contributed by atoms with Crippen molar-refractivity contribution in [1.82, 2.24) is 5.32 Å². The zero-order chi connectivity index (χ0) is 12.6. The molecular weight excluding hydrogens is 230 g/mol. The molecule has 0 bridgehead atoms. The second-order valence-corrected chi connectivity index (χ2v) is 5.17. The lowest BCUT2D eigenvalue weighted by atomic mass is 10.0. The minimum atomic E-state index is 0.582. The third-order valence-electron chi connectivity index (χ3n) is 3.35. The molecular formula is C13H25N3O2. The van der Waals surface area contributed by atoms with Crippen molar-refractivity contribution in [3.05, 3.63) is 0 Å². The first-order chi connectivity index (χ1) is 8.84. The third kappa shape index (κ3) is 5.69. The Bertz CT molecular complexity index is 261. The van der Waals surface area contributed by atoms with E-state index in [9.17, 15) is 0 Å². The topological polar surface area (TPSA) is 68.9 Å². The molecule has 0 spiro atoms. The van der Waals surface area contributed by atoms with E-state index < -0.39 is 0 Å². The molecule has 0 aromatic rings. The van der Waals surface area contributed by atoms with Crippen molar-refractivity contribution in [2.24, 2.45) is 16.6 Å². The highest BCUT2D eigenvalue weighted by atomic mass is 16.5. The standard InChI is InChI=1S/C13H25N3O2/c14-13(16-12-2-3-12)15-6-1-7-18-10-11-4-8-17-9-5-11/h11-12H,1-10H2,(H3,14,15,16). The van der Waals surface area contributed by atoms with Crippen LogP contribution < -0.4 is 11.1 Å². The van der Waals surface area contributed by atoms with Crippen molar-refractivity contribution >= 4 is 5.96 Å². The fraction of sp³-hybridized carbons (Fsp3) is 0.923. The summed E-state index contributed by atoms with van der Waals surface area (Å²) in [7, 11) is 0. The Labute approximate surface area is 109 Å². The van der Waals surface area contributed by atoms with Gasteiger partial charge in [0.2, 0.25) is 0 Å². The average molecular weight is 255 g/mol. The number of rotatable bonds is 7. The number of nitrogens with zero attached hydrogens (tertiary/aromatic N) is 1. The van der Waals surface area contributed by atoms with E-state index in [1.165, 1.54) is 12.8 Å². The van der Waals surface area contributed by atoms with Gasteiger partial charge in [0.1, 0.15) is 0 Å². The smallest absolute Gasteiger partial charge is 0.188 e. The van der Waals surface area contributed by atoms with Gasteiger partial charge in [0.25, 0.3) is 0 Å². The van der Waals surface area contributed by atoms with E-state index in [-0.39, 0.29) is 0 Å². The van der Waals surface area contributed by atoms with Gasteiger partial charge in [0, 0.05) is 39.0 Å². The molecule has 2 rings (SSSR count). The SMILES string of the molecule is NC(=NCCCOCC1CCOCC1)NC1CC1. The Morgan fingerprint density at radius 3 is 2.78 bits per heavy atom. The first-order valence-electron chi connectivity index (χ1n) is 7.06. The minimum Gasteiger partial charge on any atom is -0.381 e. The number of nitrogens with one attached hydrogen (secondary N) is 1. The van der Waals surface area contributed by atoms with Crippen LogP contribution in [0.5, 0.6) is 0 Å². The van der Waals surface area contributed by atoms with Gasteiger partial charge in [-0.05, 0) is 38.0 Å². The highest BCUT2D eigenvalue weighted by molar-refractivity contribution is 5.78. The molecule has 1 saturated carbocycles. The fourth-order valence-electron chi connectivity index (χ4n) is 2.01. The molecule has 3 N–H and O–H groups in total. The van der Waals surface area contributed by atoms with Crippen LogP contribution in [0, 0.1) is 5.92 Å². The Hall–Kier alpha value is -0.810. The van der Waals surface area contributed by atoms with Gasteiger partial charge in [-0.25, -0.2) is 0 Å². The molecule has 5 nitrogen and oxygen atoms in total. The summed E-state index contributed by atoms with van der Waals surface area (Å²) in [4.78, 5) is 4.27. The molecule has 0 unspecified atom stereocenters. The second-order valence-electron chi connectivity index (χ2n) is 5.17. The summed E-state index contributed by atoms with van der Waals surface area (Å²) >= 11 is 0. The zero-order valence-corrected chi connectivity index (χ0v) is 11.1. The van der Waals surface area contributed by atoms with Crippen molar-refractivity contribution < 1.29 is 9.47 Å². The molecule has 0 aromatic carbocycles. The highest BCUT2D eigenvalue weighted by Gasteiger charge is 2.21. The van der Waals surface area contributed by atoms with Crippen LogP contribution in [-0.2, 0) is 9.47 Å². The second kappa shape index (κ2) is 7.59. The Balaban J connectivity index is 1.42. The van der Waals surface area contributed by atoms with Gasteiger partial charge in [-0.2, -0.15) is 0 Å². The van der Waals surface area contributed by atoms with Gasteiger partial charge in [-0.1, -0.05) is 0 Å². The number of hydrogen-bond acceptors (Lipinski definition) is 3. The van der Waals surface area contributed by atoms with Crippen molar-refractivity contribution in [2.45, 2.75) is 38.1 Å². The van der Waals surface area contributed by atoms with E-state index in [1.54, 1.807) is 0 Å². The molecule has 18 heavy (non-hydrogen) atoms. The van der Waals surface area contributed by atoms with Crippen LogP contribution in [0.1, 0.15) is 32.1 Å². The predicted octanol–water partition coefficient (Wildman–Crippen LogP) is 0.886. The Morgan fingerprint density at radius 1 is 1.28 bits per heavy atom. The molecule has 0 radical (unpaired) electrons. The molecule has 2 fully saturated rings. The number of nitrogens with two attached hydrogens (primary N) is 1. The summed E-state index contributed by atoms with van der Waals surface area (Å²) in [6.07, 6.45) is 5.66. The number of ether oxygens (including phenoxy) is 2. The van der Waals surface area contributed by atoms with Crippen LogP contribution in [0.4, 0.5) is 0 Å². The maximum absolute atomic E-state index is 5.73.